The molecule has 0 spiro atoms. The van der Waals surface area contributed by atoms with E-state index in [0.717, 1.165) is 25.1 Å². The number of carbonyl (C=O) groups excluding carboxylic acids is 1. The van der Waals surface area contributed by atoms with Crippen molar-refractivity contribution in [1.82, 2.24) is 5.32 Å². The summed E-state index contributed by atoms with van der Waals surface area (Å²) in [7, 11) is 0. The number of carbonyl (C=O) groups is 1. The molecule has 102 valence electrons. The molecule has 2 atom stereocenters. The van der Waals surface area contributed by atoms with Crippen LogP contribution in [0.3, 0.4) is 0 Å². The van der Waals surface area contributed by atoms with Gasteiger partial charge in [-0.05, 0) is 32.0 Å². The Hall–Kier alpha value is -2.02. The number of benzene rings is 1. The summed E-state index contributed by atoms with van der Waals surface area (Å²) in [6.45, 7) is 2.67. The van der Waals surface area contributed by atoms with Crippen molar-refractivity contribution in [3.05, 3.63) is 34.1 Å². The fourth-order valence-electron chi connectivity index (χ4n) is 2.18. The van der Waals surface area contributed by atoms with E-state index in [0.29, 0.717) is 0 Å². The minimum Gasteiger partial charge on any atom is -0.326 e. The van der Waals surface area contributed by atoms with Crippen LogP contribution in [-0.4, -0.2) is 23.4 Å². The van der Waals surface area contributed by atoms with Crippen LogP contribution in [0.5, 0.6) is 0 Å². The average Bonchev–Trinajstić information content (AvgIpc) is 2.77. The number of nitrogens with zero attached hydrogens (tertiary/aromatic N) is 1. The van der Waals surface area contributed by atoms with E-state index in [1.54, 1.807) is 0 Å². The Balaban J connectivity index is 2.13. The minimum absolute atomic E-state index is 0.0652. The highest BCUT2D eigenvalue weighted by Crippen LogP contribution is 2.23. The Morgan fingerprint density at radius 1 is 1.58 bits per heavy atom. The van der Waals surface area contributed by atoms with Gasteiger partial charge in [0.2, 0.25) is 11.7 Å². The van der Waals surface area contributed by atoms with Crippen LogP contribution >= 0.6 is 0 Å². The van der Waals surface area contributed by atoms with Crippen molar-refractivity contribution in [1.29, 1.82) is 0 Å². The summed E-state index contributed by atoms with van der Waals surface area (Å²) in [6, 6.07) is 3.38. The molecule has 6 nitrogen and oxygen atoms in total. The Kier molecular flexibility index (Phi) is 3.75. The molecule has 19 heavy (non-hydrogen) atoms. The Bertz CT molecular complexity index is 521. The number of amides is 1. The van der Waals surface area contributed by atoms with Gasteiger partial charge in [0.25, 0.3) is 0 Å². The highest BCUT2D eigenvalue weighted by molar-refractivity contribution is 5.93. The number of halogens is 1. The lowest BCUT2D eigenvalue weighted by Gasteiger charge is -2.14. The Morgan fingerprint density at radius 3 is 2.89 bits per heavy atom. The lowest BCUT2D eigenvalue weighted by molar-refractivity contribution is -0.387. The predicted molar refractivity (Wildman–Crippen MR) is 67.3 cm³/mol. The summed E-state index contributed by atoms with van der Waals surface area (Å²) in [5.41, 5.74) is -0.410. The largest absolute Gasteiger partial charge is 0.326 e. The molecule has 2 unspecified atom stereocenters. The van der Waals surface area contributed by atoms with Crippen LogP contribution in [0.15, 0.2) is 18.2 Å². The smallest absolute Gasteiger partial charge is 0.306 e. The summed E-state index contributed by atoms with van der Waals surface area (Å²) in [4.78, 5) is 21.8. The van der Waals surface area contributed by atoms with E-state index >= 15 is 0 Å². The Labute approximate surface area is 109 Å². The normalized spacial score (nSPS) is 22.2. The molecule has 1 aromatic carbocycles. The first-order valence-corrected chi connectivity index (χ1v) is 5.97. The zero-order valence-electron chi connectivity index (χ0n) is 10.4. The highest BCUT2D eigenvalue weighted by Gasteiger charge is 2.29. The Morgan fingerprint density at radius 2 is 2.32 bits per heavy atom. The van der Waals surface area contributed by atoms with Crippen molar-refractivity contribution in [2.75, 3.05) is 11.9 Å². The summed E-state index contributed by atoms with van der Waals surface area (Å²) in [6.07, 6.45) is 0.719. The van der Waals surface area contributed by atoms with Gasteiger partial charge in [-0.2, -0.15) is 4.39 Å². The molecule has 2 N–H and O–H groups in total. The molecule has 1 amide bonds. The zero-order valence-corrected chi connectivity index (χ0v) is 10.4. The lowest BCUT2D eigenvalue weighted by Crippen LogP contribution is -2.32. The van der Waals surface area contributed by atoms with Crippen LogP contribution in [0, 0.1) is 21.8 Å². The third kappa shape index (κ3) is 2.87. The van der Waals surface area contributed by atoms with Gasteiger partial charge in [0.1, 0.15) is 0 Å². The van der Waals surface area contributed by atoms with E-state index in [9.17, 15) is 19.3 Å². The van der Waals surface area contributed by atoms with E-state index in [1.807, 2.05) is 6.92 Å². The maximum Gasteiger partial charge on any atom is 0.306 e. The topological polar surface area (TPSA) is 84.3 Å². The molecule has 7 heteroatoms. The summed E-state index contributed by atoms with van der Waals surface area (Å²) < 4.78 is 13.2. The molecule has 0 radical (unpaired) electrons. The minimum atomic E-state index is -0.918. The van der Waals surface area contributed by atoms with Crippen molar-refractivity contribution in [2.24, 2.45) is 5.92 Å². The monoisotopic (exact) mass is 267 g/mol. The molecule has 0 aliphatic carbocycles. The van der Waals surface area contributed by atoms with Crippen LogP contribution in [-0.2, 0) is 4.79 Å². The van der Waals surface area contributed by atoms with Crippen LogP contribution in [0.25, 0.3) is 0 Å². The van der Waals surface area contributed by atoms with Gasteiger partial charge in [-0.3, -0.25) is 14.9 Å². The number of anilines is 1. The van der Waals surface area contributed by atoms with Crippen molar-refractivity contribution in [2.45, 2.75) is 19.4 Å². The molecule has 1 saturated heterocycles. The molecule has 1 aliphatic heterocycles. The van der Waals surface area contributed by atoms with Gasteiger partial charge in [0, 0.05) is 17.8 Å². The first-order valence-electron chi connectivity index (χ1n) is 5.97. The van der Waals surface area contributed by atoms with Gasteiger partial charge < -0.3 is 10.6 Å². The van der Waals surface area contributed by atoms with Crippen molar-refractivity contribution in [3.63, 3.8) is 0 Å². The summed E-state index contributed by atoms with van der Waals surface area (Å²) >= 11 is 0. The average molecular weight is 267 g/mol. The van der Waals surface area contributed by atoms with Crippen LogP contribution in [0.4, 0.5) is 15.8 Å². The van der Waals surface area contributed by atoms with Gasteiger partial charge in [0.05, 0.1) is 10.8 Å². The second-order valence-electron chi connectivity index (χ2n) is 4.55. The van der Waals surface area contributed by atoms with Crippen LogP contribution < -0.4 is 10.6 Å². The van der Waals surface area contributed by atoms with Gasteiger partial charge in [-0.1, -0.05) is 0 Å². The van der Waals surface area contributed by atoms with Crippen molar-refractivity contribution >= 4 is 17.3 Å². The zero-order chi connectivity index (χ0) is 14.0. The molecule has 1 heterocycles. The molecular formula is C12H14FN3O3. The number of hydrogen-bond donors (Lipinski definition) is 2. The quantitative estimate of drug-likeness (QED) is 0.644. The first-order chi connectivity index (χ1) is 8.99. The van der Waals surface area contributed by atoms with Gasteiger partial charge >= 0.3 is 5.69 Å². The number of hydrogen-bond acceptors (Lipinski definition) is 4. The van der Waals surface area contributed by atoms with E-state index in [2.05, 4.69) is 10.6 Å². The molecule has 1 aromatic rings. The van der Waals surface area contributed by atoms with E-state index in [-0.39, 0.29) is 23.6 Å². The SMILES string of the molecule is CC1NCCC1C(=O)Nc1ccc(F)c([N+](=O)[O-])c1. The maximum absolute atomic E-state index is 13.2. The van der Waals surface area contributed by atoms with Crippen molar-refractivity contribution in [3.8, 4) is 0 Å². The van der Waals surface area contributed by atoms with Crippen LogP contribution in [0.2, 0.25) is 0 Å². The molecule has 0 aromatic heterocycles. The third-order valence-corrected chi connectivity index (χ3v) is 3.27. The fourth-order valence-corrected chi connectivity index (χ4v) is 2.18. The number of nitrogens with one attached hydrogen (secondary N) is 2. The van der Waals surface area contributed by atoms with E-state index in [1.165, 1.54) is 6.07 Å². The summed E-state index contributed by atoms with van der Waals surface area (Å²) in [5.74, 6) is -1.30. The van der Waals surface area contributed by atoms with Gasteiger partial charge in [-0.15, -0.1) is 0 Å². The molecule has 0 bridgehead atoms. The van der Waals surface area contributed by atoms with Gasteiger partial charge in [-0.25, -0.2) is 0 Å². The predicted octanol–water partition coefficient (Wildman–Crippen LogP) is 1.67. The third-order valence-electron chi connectivity index (χ3n) is 3.27. The number of nitro benzene ring substituents is 1. The number of rotatable bonds is 3. The molecule has 1 aliphatic rings. The van der Waals surface area contributed by atoms with Gasteiger partial charge in [0.15, 0.2) is 0 Å². The number of nitro groups is 1. The maximum atomic E-state index is 13.2. The summed E-state index contributed by atoms with van der Waals surface area (Å²) in [5, 5.41) is 16.3. The lowest BCUT2D eigenvalue weighted by atomic mass is 10.0. The molecule has 2 rings (SSSR count). The highest BCUT2D eigenvalue weighted by atomic mass is 19.1. The van der Waals surface area contributed by atoms with E-state index < -0.39 is 16.4 Å². The second-order valence-corrected chi connectivity index (χ2v) is 4.55. The molecular weight excluding hydrogens is 253 g/mol. The molecule has 1 fully saturated rings. The second kappa shape index (κ2) is 5.31. The van der Waals surface area contributed by atoms with E-state index in [4.69, 9.17) is 0 Å². The first kappa shape index (κ1) is 13.4. The van der Waals surface area contributed by atoms with Crippen molar-refractivity contribution < 1.29 is 14.1 Å². The van der Waals surface area contributed by atoms with Crippen LogP contribution in [0.1, 0.15) is 13.3 Å². The fraction of sp³-hybridized carbons (Fsp3) is 0.417. The standard InChI is InChI=1S/C12H14FN3O3/c1-7-9(4-5-14-7)12(17)15-8-2-3-10(13)11(6-8)16(18)19/h2-3,6-7,9,14H,4-5H2,1H3,(H,15,17). The molecule has 0 saturated carbocycles.